The monoisotopic (exact) mass is 483 g/mol. The van der Waals surface area contributed by atoms with Gasteiger partial charge >= 0.3 is 6.09 Å². The quantitative estimate of drug-likeness (QED) is 0.523. The average molecular weight is 484 g/mol. The molecule has 0 radical (unpaired) electrons. The van der Waals surface area contributed by atoms with Crippen LogP contribution in [0.2, 0.25) is 0 Å². The molecule has 2 unspecified atom stereocenters. The molecular formula is C26H33N3O6. The number of hydrogen-bond donors (Lipinski definition) is 3. The number of methoxy groups -OCH3 is 1. The van der Waals surface area contributed by atoms with Crippen molar-refractivity contribution >= 4 is 23.6 Å². The lowest BCUT2D eigenvalue weighted by atomic mass is 10.0. The number of aromatic hydroxyl groups is 1. The van der Waals surface area contributed by atoms with E-state index >= 15 is 0 Å². The molecule has 9 nitrogen and oxygen atoms in total. The van der Waals surface area contributed by atoms with Gasteiger partial charge in [-0.25, -0.2) is 4.79 Å². The molecule has 2 aromatic carbocycles. The SMILES string of the molecule is COc1ccc(NC(=O)C(c2ccc(O)cc2)N(C(=O)C(C)NC(=O)OC(C)(C)C)C2CC2)cc1. The largest absolute Gasteiger partial charge is 0.508 e. The smallest absolute Gasteiger partial charge is 0.408 e. The minimum atomic E-state index is -0.972. The van der Waals surface area contributed by atoms with E-state index in [1.54, 1.807) is 71.2 Å². The van der Waals surface area contributed by atoms with Gasteiger partial charge in [0.2, 0.25) is 5.91 Å². The first-order valence-corrected chi connectivity index (χ1v) is 11.5. The molecule has 3 N–H and O–H groups in total. The third-order valence-corrected chi connectivity index (χ3v) is 5.39. The van der Waals surface area contributed by atoms with E-state index in [0.29, 0.717) is 17.0 Å². The maximum absolute atomic E-state index is 13.6. The Bertz CT molecular complexity index is 1040. The topological polar surface area (TPSA) is 117 Å². The van der Waals surface area contributed by atoms with Gasteiger partial charge in [-0.3, -0.25) is 9.59 Å². The first-order chi connectivity index (χ1) is 16.5. The number of anilines is 1. The summed E-state index contributed by atoms with van der Waals surface area (Å²) in [4.78, 5) is 40.9. The summed E-state index contributed by atoms with van der Waals surface area (Å²) in [7, 11) is 1.56. The predicted molar refractivity (Wildman–Crippen MR) is 131 cm³/mol. The van der Waals surface area contributed by atoms with Crippen molar-refractivity contribution in [2.75, 3.05) is 12.4 Å². The number of nitrogens with zero attached hydrogens (tertiary/aromatic N) is 1. The molecule has 1 fully saturated rings. The van der Waals surface area contributed by atoms with E-state index in [2.05, 4.69) is 10.6 Å². The van der Waals surface area contributed by atoms with Crippen molar-refractivity contribution in [1.82, 2.24) is 10.2 Å². The number of nitrogens with one attached hydrogen (secondary N) is 2. The Labute approximate surface area is 205 Å². The minimum absolute atomic E-state index is 0.0484. The van der Waals surface area contributed by atoms with E-state index < -0.39 is 35.6 Å². The molecule has 2 aromatic rings. The summed E-state index contributed by atoms with van der Waals surface area (Å²) in [6, 6.07) is 11.0. The summed E-state index contributed by atoms with van der Waals surface area (Å²) in [6.45, 7) is 6.77. The second-order valence-electron chi connectivity index (χ2n) is 9.56. The summed E-state index contributed by atoms with van der Waals surface area (Å²) in [5.41, 5.74) is 0.372. The number of amides is 3. The molecule has 2 atom stereocenters. The number of phenolic OH excluding ortho intramolecular Hbond substituents is 1. The van der Waals surface area contributed by atoms with Crippen LogP contribution in [0.3, 0.4) is 0 Å². The number of benzene rings is 2. The summed E-state index contributed by atoms with van der Waals surface area (Å²) in [5.74, 6) is -0.117. The van der Waals surface area contributed by atoms with E-state index in [1.807, 2.05) is 0 Å². The predicted octanol–water partition coefficient (Wildman–Crippen LogP) is 3.98. The molecule has 0 heterocycles. The Morgan fingerprint density at radius 3 is 2.14 bits per heavy atom. The zero-order valence-electron chi connectivity index (χ0n) is 20.7. The maximum Gasteiger partial charge on any atom is 0.408 e. The Morgan fingerprint density at radius 1 is 1.03 bits per heavy atom. The highest BCUT2D eigenvalue weighted by molar-refractivity contribution is 5.99. The minimum Gasteiger partial charge on any atom is -0.508 e. The fourth-order valence-corrected chi connectivity index (χ4v) is 3.62. The molecule has 0 bridgehead atoms. The third-order valence-electron chi connectivity index (χ3n) is 5.39. The van der Waals surface area contributed by atoms with Crippen molar-refractivity contribution in [2.45, 2.75) is 64.3 Å². The fourth-order valence-electron chi connectivity index (χ4n) is 3.62. The zero-order chi connectivity index (χ0) is 25.8. The van der Waals surface area contributed by atoms with Crippen molar-refractivity contribution in [3.05, 3.63) is 54.1 Å². The van der Waals surface area contributed by atoms with Crippen LogP contribution in [-0.2, 0) is 14.3 Å². The summed E-state index contributed by atoms with van der Waals surface area (Å²) < 4.78 is 10.4. The molecule has 1 saturated carbocycles. The highest BCUT2D eigenvalue weighted by Gasteiger charge is 2.43. The standard InChI is InChI=1S/C26H33N3O6/c1-16(27-25(33)35-26(2,3)4)24(32)29(19-10-11-19)22(17-6-12-20(30)13-7-17)23(31)28-18-8-14-21(34-5)15-9-18/h6-9,12-16,19,22,30H,10-11H2,1-5H3,(H,27,33)(H,28,31). The van der Waals surface area contributed by atoms with E-state index in [4.69, 9.17) is 9.47 Å². The van der Waals surface area contributed by atoms with Gasteiger partial charge < -0.3 is 30.1 Å². The first kappa shape index (κ1) is 25.9. The summed E-state index contributed by atoms with van der Waals surface area (Å²) in [5, 5.41) is 15.2. The highest BCUT2D eigenvalue weighted by atomic mass is 16.6. The lowest BCUT2D eigenvalue weighted by Gasteiger charge is -2.33. The molecule has 0 aromatic heterocycles. The van der Waals surface area contributed by atoms with Crippen molar-refractivity contribution < 1.29 is 29.0 Å². The number of alkyl carbamates (subject to hydrolysis) is 1. The van der Waals surface area contributed by atoms with Gasteiger partial charge in [-0.05, 0) is 82.5 Å². The lowest BCUT2D eigenvalue weighted by molar-refractivity contribution is -0.141. The Morgan fingerprint density at radius 2 is 1.63 bits per heavy atom. The normalized spacial score (nSPS) is 14.9. The van der Waals surface area contributed by atoms with Gasteiger partial charge in [0.25, 0.3) is 5.91 Å². The van der Waals surface area contributed by atoms with Crippen LogP contribution in [0.1, 0.15) is 52.1 Å². The number of phenols is 1. The number of carbonyl (C=O) groups is 3. The molecular weight excluding hydrogens is 450 g/mol. The van der Waals surface area contributed by atoms with Crippen LogP contribution >= 0.6 is 0 Å². The highest BCUT2D eigenvalue weighted by Crippen LogP contribution is 2.36. The van der Waals surface area contributed by atoms with Gasteiger partial charge in [0.1, 0.15) is 29.2 Å². The average Bonchev–Trinajstić information content (AvgIpc) is 3.62. The van der Waals surface area contributed by atoms with Crippen LogP contribution in [0.15, 0.2) is 48.5 Å². The van der Waals surface area contributed by atoms with Gasteiger partial charge in [-0.15, -0.1) is 0 Å². The molecule has 1 aliphatic carbocycles. The molecule has 3 amide bonds. The Hall–Kier alpha value is -3.75. The molecule has 9 heteroatoms. The summed E-state index contributed by atoms with van der Waals surface area (Å²) >= 11 is 0. The van der Waals surface area contributed by atoms with Crippen LogP contribution in [-0.4, -0.2) is 52.7 Å². The second-order valence-corrected chi connectivity index (χ2v) is 9.56. The van der Waals surface area contributed by atoms with E-state index in [-0.39, 0.29) is 11.8 Å². The number of carbonyl (C=O) groups excluding carboxylic acids is 3. The lowest BCUT2D eigenvalue weighted by Crippen LogP contribution is -2.52. The first-order valence-electron chi connectivity index (χ1n) is 11.5. The molecule has 0 spiro atoms. The van der Waals surface area contributed by atoms with Gasteiger partial charge in [-0.2, -0.15) is 0 Å². The van der Waals surface area contributed by atoms with Crippen LogP contribution in [0.25, 0.3) is 0 Å². The van der Waals surface area contributed by atoms with Crippen molar-refractivity contribution in [2.24, 2.45) is 0 Å². The van der Waals surface area contributed by atoms with Crippen molar-refractivity contribution in [3.63, 3.8) is 0 Å². The van der Waals surface area contributed by atoms with Crippen LogP contribution in [0.5, 0.6) is 11.5 Å². The van der Waals surface area contributed by atoms with Gasteiger partial charge in [0.05, 0.1) is 7.11 Å². The molecule has 1 aliphatic rings. The van der Waals surface area contributed by atoms with E-state index in [1.165, 1.54) is 17.0 Å². The summed E-state index contributed by atoms with van der Waals surface area (Å²) in [6.07, 6.45) is 0.780. The third kappa shape index (κ3) is 7.11. The van der Waals surface area contributed by atoms with Crippen molar-refractivity contribution in [3.8, 4) is 11.5 Å². The molecule has 3 rings (SSSR count). The van der Waals surface area contributed by atoms with Gasteiger partial charge in [0, 0.05) is 11.7 Å². The second kappa shape index (κ2) is 10.7. The maximum atomic E-state index is 13.6. The van der Waals surface area contributed by atoms with Crippen LogP contribution in [0.4, 0.5) is 10.5 Å². The van der Waals surface area contributed by atoms with E-state index in [9.17, 15) is 19.5 Å². The number of ether oxygens (including phenoxy) is 2. The van der Waals surface area contributed by atoms with Gasteiger partial charge in [0.15, 0.2) is 0 Å². The molecule has 0 saturated heterocycles. The van der Waals surface area contributed by atoms with Crippen molar-refractivity contribution in [1.29, 1.82) is 0 Å². The van der Waals surface area contributed by atoms with Gasteiger partial charge in [-0.1, -0.05) is 12.1 Å². The van der Waals surface area contributed by atoms with E-state index in [0.717, 1.165) is 12.8 Å². The van der Waals surface area contributed by atoms with Crippen LogP contribution < -0.4 is 15.4 Å². The van der Waals surface area contributed by atoms with Crippen LogP contribution in [0, 0.1) is 0 Å². The molecule has 0 aliphatic heterocycles. The number of rotatable bonds is 8. The Balaban J connectivity index is 1.88. The molecule has 35 heavy (non-hydrogen) atoms. The fraction of sp³-hybridized carbons (Fsp3) is 0.423. The molecule has 188 valence electrons. The zero-order valence-corrected chi connectivity index (χ0v) is 20.7. The number of hydrogen-bond acceptors (Lipinski definition) is 6. The Kier molecular flexibility index (Phi) is 7.89.